The lowest BCUT2D eigenvalue weighted by Gasteiger charge is -2.09. The molecule has 0 spiro atoms. The summed E-state index contributed by atoms with van der Waals surface area (Å²) >= 11 is 0. The summed E-state index contributed by atoms with van der Waals surface area (Å²) < 4.78 is 11.3. The van der Waals surface area contributed by atoms with Gasteiger partial charge in [0.05, 0.1) is 5.69 Å². The SMILES string of the molecule is Cc1cc(Oc2ncccn2)ccc1NC(=O)/C=C/c1ccc(OCc2ccccn2)cc1. The third kappa shape index (κ3) is 6.48. The van der Waals surface area contributed by atoms with Gasteiger partial charge >= 0.3 is 6.01 Å². The molecule has 0 bridgehead atoms. The number of anilines is 1. The number of hydrogen-bond acceptors (Lipinski definition) is 6. The van der Waals surface area contributed by atoms with Crippen molar-refractivity contribution >= 4 is 17.7 Å². The Balaban J connectivity index is 1.30. The van der Waals surface area contributed by atoms with E-state index in [4.69, 9.17) is 9.47 Å². The van der Waals surface area contributed by atoms with Crippen LogP contribution in [0.5, 0.6) is 17.5 Å². The molecule has 0 aliphatic carbocycles. The number of benzene rings is 2. The van der Waals surface area contributed by atoms with Crippen molar-refractivity contribution in [3.8, 4) is 17.5 Å². The molecule has 7 nitrogen and oxygen atoms in total. The largest absolute Gasteiger partial charge is 0.487 e. The van der Waals surface area contributed by atoms with Crippen LogP contribution in [0.1, 0.15) is 16.8 Å². The first kappa shape index (κ1) is 21.7. The van der Waals surface area contributed by atoms with Gasteiger partial charge in [0.2, 0.25) is 5.91 Å². The van der Waals surface area contributed by atoms with E-state index in [0.29, 0.717) is 18.0 Å². The van der Waals surface area contributed by atoms with Crippen LogP contribution in [-0.4, -0.2) is 20.9 Å². The van der Waals surface area contributed by atoms with Crippen LogP contribution < -0.4 is 14.8 Å². The van der Waals surface area contributed by atoms with Gasteiger partial charge in [-0.15, -0.1) is 0 Å². The van der Waals surface area contributed by atoms with E-state index in [1.165, 1.54) is 6.08 Å². The monoisotopic (exact) mass is 438 g/mol. The summed E-state index contributed by atoms with van der Waals surface area (Å²) in [6, 6.07) is 20.6. The Labute approximate surface area is 191 Å². The third-order valence-electron chi connectivity index (χ3n) is 4.63. The van der Waals surface area contributed by atoms with Gasteiger partial charge in [0.15, 0.2) is 0 Å². The van der Waals surface area contributed by atoms with E-state index in [2.05, 4.69) is 20.3 Å². The summed E-state index contributed by atoms with van der Waals surface area (Å²) in [5.74, 6) is 1.10. The Morgan fingerprint density at radius 3 is 2.39 bits per heavy atom. The Hall–Kier alpha value is -4.52. The molecule has 164 valence electrons. The highest BCUT2D eigenvalue weighted by Gasteiger charge is 2.06. The third-order valence-corrected chi connectivity index (χ3v) is 4.63. The fourth-order valence-electron chi connectivity index (χ4n) is 2.95. The van der Waals surface area contributed by atoms with Crippen molar-refractivity contribution in [3.63, 3.8) is 0 Å². The zero-order valence-electron chi connectivity index (χ0n) is 18.0. The lowest BCUT2D eigenvalue weighted by atomic mass is 10.2. The molecule has 0 unspecified atom stereocenters. The van der Waals surface area contributed by atoms with E-state index in [-0.39, 0.29) is 11.9 Å². The van der Waals surface area contributed by atoms with Crippen LogP contribution in [0.15, 0.2) is 91.4 Å². The summed E-state index contributed by atoms with van der Waals surface area (Å²) in [5.41, 5.74) is 3.31. The second-order valence-corrected chi connectivity index (χ2v) is 7.11. The number of pyridine rings is 1. The normalized spacial score (nSPS) is 10.7. The van der Waals surface area contributed by atoms with Crippen LogP contribution in [0.2, 0.25) is 0 Å². The van der Waals surface area contributed by atoms with Crippen molar-refractivity contribution in [1.82, 2.24) is 15.0 Å². The predicted octanol–water partition coefficient (Wildman–Crippen LogP) is 5.20. The maximum absolute atomic E-state index is 12.4. The Bertz CT molecular complexity index is 1230. The van der Waals surface area contributed by atoms with Crippen LogP contribution >= 0.6 is 0 Å². The molecule has 0 saturated carbocycles. The fraction of sp³-hybridized carbons (Fsp3) is 0.0769. The van der Waals surface area contributed by atoms with Crippen molar-refractivity contribution in [3.05, 3.63) is 108 Å². The van der Waals surface area contributed by atoms with Gasteiger partial charge in [-0.3, -0.25) is 9.78 Å². The molecule has 2 aromatic heterocycles. The number of nitrogens with zero attached hydrogens (tertiary/aromatic N) is 3. The van der Waals surface area contributed by atoms with Crippen molar-refractivity contribution in [2.75, 3.05) is 5.32 Å². The van der Waals surface area contributed by atoms with Gasteiger partial charge in [-0.2, -0.15) is 0 Å². The van der Waals surface area contributed by atoms with Gasteiger partial charge in [0, 0.05) is 30.4 Å². The second-order valence-electron chi connectivity index (χ2n) is 7.11. The highest BCUT2D eigenvalue weighted by molar-refractivity contribution is 6.02. The number of nitrogens with one attached hydrogen (secondary N) is 1. The van der Waals surface area contributed by atoms with Gasteiger partial charge in [0.25, 0.3) is 0 Å². The van der Waals surface area contributed by atoms with E-state index in [1.807, 2.05) is 55.5 Å². The zero-order valence-corrected chi connectivity index (χ0v) is 18.0. The minimum absolute atomic E-state index is 0.228. The summed E-state index contributed by atoms with van der Waals surface area (Å²) in [6.07, 6.45) is 8.20. The Morgan fingerprint density at radius 1 is 0.909 bits per heavy atom. The number of amides is 1. The molecule has 0 aliphatic rings. The van der Waals surface area contributed by atoms with Crippen LogP contribution in [0.25, 0.3) is 6.08 Å². The lowest BCUT2D eigenvalue weighted by molar-refractivity contribution is -0.111. The number of aryl methyl sites for hydroxylation is 1. The van der Waals surface area contributed by atoms with Gasteiger partial charge in [-0.05, 0) is 72.7 Å². The van der Waals surface area contributed by atoms with Crippen molar-refractivity contribution in [1.29, 1.82) is 0 Å². The molecule has 0 fully saturated rings. The fourth-order valence-corrected chi connectivity index (χ4v) is 2.95. The number of carbonyl (C=O) groups is 1. The van der Waals surface area contributed by atoms with E-state index >= 15 is 0 Å². The van der Waals surface area contributed by atoms with E-state index in [1.54, 1.807) is 42.9 Å². The van der Waals surface area contributed by atoms with E-state index < -0.39 is 0 Å². The molecule has 1 N–H and O–H groups in total. The van der Waals surface area contributed by atoms with Gasteiger partial charge in [0.1, 0.15) is 18.1 Å². The van der Waals surface area contributed by atoms with Crippen LogP contribution in [0, 0.1) is 6.92 Å². The summed E-state index contributed by atoms with van der Waals surface area (Å²) in [5, 5.41) is 2.88. The second kappa shape index (κ2) is 10.7. The maximum Gasteiger partial charge on any atom is 0.321 e. The first-order valence-corrected chi connectivity index (χ1v) is 10.3. The first-order valence-electron chi connectivity index (χ1n) is 10.3. The minimum atomic E-state index is -0.228. The van der Waals surface area contributed by atoms with Crippen LogP contribution in [0.4, 0.5) is 5.69 Å². The molecule has 4 rings (SSSR count). The Morgan fingerprint density at radius 2 is 1.67 bits per heavy atom. The molecule has 4 aromatic rings. The van der Waals surface area contributed by atoms with Crippen LogP contribution in [-0.2, 0) is 11.4 Å². The minimum Gasteiger partial charge on any atom is -0.487 e. The van der Waals surface area contributed by atoms with Gasteiger partial charge < -0.3 is 14.8 Å². The molecule has 0 saturated heterocycles. The maximum atomic E-state index is 12.4. The molecule has 33 heavy (non-hydrogen) atoms. The number of hydrogen-bond donors (Lipinski definition) is 1. The summed E-state index contributed by atoms with van der Waals surface area (Å²) in [7, 11) is 0. The number of rotatable bonds is 8. The first-order chi connectivity index (χ1) is 16.2. The van der Waals surface area contributed by atoms with Crippen molar-refractivity contribution < 1.29 is 14.3 Å². The van der Waals surface area contributed by atoms with Crippen molar-refractivity contribution in [2.24, 2.45) is 0 Å². The topological polar surface area (TPSA) is 86.2 Å². The van der Waals surface area contributed by atoms with Gasteiger partial charge in [-0.25, -0.2) is 9.97 Å². The average molecular weight is 438 g/mol. The van der Waals surface area contributed by atoms with Crippen LogP contribution in [0.3, 0.4) is 0 Å². The summed E-state index contributed by atoms with van der Waals surface area (Å²) in [4.78, 5) is 24.7. The molecule has 2 heterocycles. The van der Waals surface area contributed by atoms with E-state index in [9.17, 15) is 4.79 Å². The smallest absolute Gasteiger partial charge is 0.321 e. The number of aromatic nitrogens is 3. The highest BCUT2D eigenvalue weighted by Crippen LogP contribution is 2.24. The quantitative estimate of drug-likeness (QED) is 0.381. The molecule has 2 aromatic carbocycles. The van der Waals surface area contributed by atoms with Crippen molar-refractivity contribution in [2.45, 2.75) is 13.5 Å². The highest BCUT2D eigenvalue weighted by atomic mass is 16.5. The predicted molar refractivity (Wildman–Crippen MR) is 126 cm³/mol. The molecular formula is C26H22N4O3. The molecule has 0 aliphatic heterocycles. The van der Waals surface area contributed by atoms with Gasteiger partial charge in [-0.1, -0.05) is 18.2 Å². The molecule has 7 heteroatoms. The molecule has 1 amide bonds. The summed E-state index contributed by atoms with van der Waals surface area (Å²) in [6.45, 7) is 2.29. The average Bonchev–Trinajstić information content (AvgIpc) is 2.85. The molecule has 0 atom stereocenters. The number of carbonyl (C=O) groups excluding carboxylic acids is 1. The Kier molecular flexibility index (Phi) is 7.02. The zero-order chi connectivity index (χ0) is 22.9. The lowest BCUT2D eigenvalue weighted by Crippen LogP contribution is -2.09. The van der Waals surface area contributed by atoms with E-state index in [0.717, 1.165) is 22.6 Å². The standard InChI is InChI=1S/C26H22N4O3/c1-19-17-23(33-26-28-15-4-16-29-26)11-12-24(19)30-25(31)13-8-20-6-9-22(10-7-20)32-18-21-5-2-3-14-27-21/h2-17H,18H2,1H3,(H,30,31)/b13-8+. The molecular weight excluding hydrogens is 416 g/mol. The molecule has 0 radical (unpaired) electrons. The number of ether oxygens (including phenoxy) is 2.